The van der Waals surface area contributed by atoms with Crippen LogP contribution in [0.1, 0.15) is 86.1 Å². The van der Waals surface area contributed by atoms with Gasteiger partial charge in [0.25, 0.3) is 5.91 Å². The van der Waals surface area contributed by atoms with Gasteiger partial charge in [-0.3, -0.25) is 24.0 Å². The van der Waals surface area contributed by atoms with Crippen molar-refractivity contribution in [3.05, 3.63) is 35.9 Å². The third kappa shape index (κ3) is 9.56. The third-order valence-corrected chi connectivity index (χ3v) is 9.86. The third-order valence-electron chi connectivity index (χ3n) is 9.86. The van der Waals surface area contributed by atoms with Gasteiger partial charge in [-0.2, -0.15) is 0 Å². The van der Waals surface area contributed by atoms with Crippen molar-refractivity contribution < 1.29 is 28.8 Å². The van der Waals surface area contributed by atoms with E-state index in [2.05, 4.69) is 16.0 Å². The highest BCUT2D eigenvalue weighted by Gasteiger charge is 2.50. The molecule has 5 N–H and O–H groups in total. The summed E-state index contributed by atoms with van der Waals surface area (Å²) >= 11 is 0. The zero-order valence-electron chi connectivity index (χ0n) is 29.9. The Labute approximate surface area is 285 Å². The smallest absolute Gasteiger partial charge is 0.316 e. The number of amides is 6. The van der Waals surface area contributed by atoms with Crippen LogP contribution in [0.4, 0.5) is 4.79 Å². The van der Waals surface area contributed by atoms with Crippen LogP contribution in [0.2, 0.25) is 0 Å². The van der Waals surface area contributed by atoms with Crippen LogP contribution in [-0.2, 0) is 30.5 Å². The fourth-order valence-electron chi connectivity index (χ4n) is 7.35. The molecule has 0 bridgehead atoms. The summed E-state index contributed by atoms with van der Waals surface area (Å²) in [5.74, 6) is -3.66. The first-order chi connectivity index (χ1) is 22.4. The van der Waals surface area contributed by atoms with Gasteiger partial charge in [-0.25, -0.2) is 4.79 Å². The average Bonchev–Trinajstić information content (AvgIpc) is 3.39. The molecule has 1 heterocycles. The fourth-order valence-corrected chi connectivity index (χ4v) is 7.35. The van der Waals surface area contributed by atoms with Crippen molar-refractivity contribution in [1.29, 1.82) is 0 Å². The molecule has 2 aliphatic rings. The highest BCUT2D eigenvalue weighted by molar-refractivity contribution is 6.37. The van der Waals surface area contributed by atoms with Crippen molar-refractivity contribution in [2.45, 2.75) is 111 Å². The first-order valence-electron chi connectivity index (χ1n) is 17.2. The Morgan fingerprint density at radius 1 is 0.938 bits per heavy atom. The zero-order valence-corrected chi connectivity index (χ0v) is 29.9. The number of likely N-dealkylation sites (N-methyl/N-ethyl adjacent to an activating group) is 1. The number of benzene rings is 1. The molecule has 266 valence electrons. The summed E-state index contributed by atoms with van der Waals surface area (Å²) in [6, 6.07) is 5.08. The number of rotatable bonds is 12. The Bertz CT molecular complexity index is 1320. The van der Waals surface area contributed by atoms with Crippen molar-refractivity contribution in [2.75, 3.05) is 13.6 Å². The van der Waals surface area contributed by atoms with Crippen LogP contribution in [0.25, 0.3) is 0 Å². The predicted molar refractivity (Wildman–Crippen MR) is 183 cm³/mol. The number of primary amides is 1. The van der Waals surface area contributed by atoms with Crippen LogP contribution in [-0.4, -0.2) is 83.0 Å². The first kappa shape index (κ1) is 38.5. The molecule has 1 saturated heterocycles. The van der Waals surface area contributed by atoms with Crippen LogP contribution in [0.3, 0.4) is 0 Å². The molecule has 6 amide bonds. The van der Waals surface area contributed by atoms with Crippen molar-refractivity contribution in [1.82, 2.24) is 25.8 Å². The van der Waals surface area contributed by atoms with E-state index in [0.29, 0.717) is 6.54 Å². The molecule has 12 nitrogen and oxygen atoms in total. The lowest BCUT2D eigenvalue weighted by molar-refractivity contribution is -0.143. The summed E-state index contributed by atoms with van der Waals surface area (Å²) in [4.78, 5) is 82.6. The van der Waals surface area contributed by atoms with Gasteiger partial charge < -0.3 is 31.5 Å². The average molecular weight is 669 g/mol. The SMILES string of the molecule is CC(NC(=O)C1C(C(C)C)C(C)CN1C(=O)C(NC(=O)NC(C(=O)N(C)Cc1ccccc1)C(C)(C)C)C1CCCCC1)C(=O)C(N)=O. The molecule has 0 radical (unpaired) electrons. The number of carbonyl (C=O) groups excluding carboxylic acids is 6. The Morgan fingerprint density at radius 2 is 1.54 bits per heavy atom. The van der Waals surface area contributed by atoms with Gasteiger partial charge in [0, 0.05) is 20.1 Å². The van der Waals surface area contributed by atoms with Gasteiger partial charge in [-0.15, -0.1) is 0 Å². The van der Waals surface area contributed by atoms with E-state index in [1.165, 1.54) is 11.8 Å². The standard InChI is InChI=1S/C36H56N6O6/c1-21(2)26-22(3)19-42(28(26)32(45)38-23(4)29(43)31(37)44)33(46)27(25-17-13-10-14-18-25)39-35(48)40-30(36(5,6)7)34(47)41(8)20-24-15-11-9-12-16-24/h9,11-12,15-16,21-23,25-28,30H,10,13-14,17-20H2,1-8H3,(H2,37,44)(H,38,45)(H2,39,40,48). The minimum Gasteiger partial charge on any atom is -0.363 e. The highest BCUT2D eigenvalue weighted by Crippen LogP contribution is 2.37. The van der Waals surface area contributed by atoms with Gasteiger partial charge >= 0.3 is 6.03 Å². The lowest BCUT2D eigenvalue weighted by Gasteiger charge is -2.37. The van der Waals surface area contributed by atoms with Crippen molar-refractivity contribution in [3.8, 4) is 0 Å². The van der Waals surface area contributed by atoms with Crippen molar-refractivity contribution in [2.24, 2.45) is 34.8 Å². The van der Waals surface area contributed by atoms with E-state index in [1.54, 1.807) is 11.9 Å². The van der Waals surface area contributed by atoms with Gasteiger partial charge in [0.15, 0.2) is 0 Å². The number of hydrogen-bond acceptors (Lipinski definition) is 6. The number of ketones is 1. The van der Waals surface area contributed by atoms with Crippen molar-refractivity contribution in [3.63, 3.8) is 0 Å². The van der Waals surface area contributed by atoms with Crippen LogP contribution in [0, 0.1) is 29.1 Å². The Balaban J connectivity index is 1.88. The largest absolute Gasteiger partial charge is 0.363 e. The topological polar surface area (TPSA) is 171 Å². The lowest BCUT2D eigenvalue weighted by atomic mass is 9.81. The number of carbonyl (C=O) groups is 6. The van der Waals surface area contributed by atoms with E-state index < -0.39 is 53.2 Å². The zero-order chi connectivity index (χ0) is 35.9. The number of urea groups is 1. The van der Waals surface area contributed by atoms with Gasteiger partial charge in [0.1, 0.15) is 18.1 Å². The maximum Gasteiger partial charge on any atom is 0.316 e. The Kier molecular flexibility index (Phi) is 13.2. The summed E-state index contributed by atoms with van der Waals surface area (Å²) in [6.07, 6.45) is 4.32. The lowest BCUT2D eigenvalue weighted by Crippen LogP contribution is -2.62. The molecule has 6 unspecified atom stereocenters. The molecule has 0 spiro atoms. The fraction of sp³-hybridized carbons (Fsp3) is 0.667. The summed E-state index contributed by atoms with van der Waals surface area (Å²) in [5.41, 5.74) is 5.48. The van der Waals surface area contributed by atoms with E-state index in [-0.39, 0.29) is 42.0 Å². The number of nitrogens with zero attached hydrogens (tertiary/aromatic N) is 2. The number of likely N-dealkylation sites (tertiary alicyclic amines) is 1. The van der Waals surface area contributed by atoms with Gasteiger partial charge in [-0.1, -0.05) is 91.1 Å². The number of Topliss-reactive ketones (excluding diaryl/α,β-unsaturated/α-hetero) is 1. The van der Waals surface area contributed by atoms with Gasteiger partial charge in [-0.05, 0) is 54.4 Å². The van der Waals surface area contributed by atoms with Gasteiger partial charge in [0.2, 0.25) is 23.5 Å². The van der Waals surface area contributed by atoms with Crippen molar-refractivity contribution >= 4 is 35.4 Å². The molecule has 48 heavy (non-hydrogen) atoms. The Hall–Kier alpha value is -3.96. The monoisotopic (exact) mass is 668 g/mol. The minimum absolute atomic E-state index is 0.0199. The second-order valence-corrected chi connectivity index (χ2v) is 15.2. The molecule has 0 aromatic heterocycles. The van der Waals surface area contributed by atoms with Crippen LogP contribution >= 0.6 is 0 Å². The van der Waals surface area contributed by atoms with E-state index in [1.807, 2.05) is 71.9 Å². The molecule has 12 heteroatoms. The maximum absolute atomic E-state index is 14.6. The number of hydrogen-bond donors (Lipinski definition) is 4. The van der Waals surface area contributed by atoms with E-state index in [0.717, 1.165) is 37.7 Å². The Morgan fingerprint density at radius 3 is 2.08 bits per heavy atom. The molecule has 3 rings (SSSR count). The summed E-state index contributed by atoms with van der Waals surface area (Å²) in [7, 11) is 1.70. The van der Waals surface area contributed by atoms with E-state index >= 15 is 0 Å². The predicted octanol–water partition coefficient (Wildman–Crippen LogP) is 2.99. The minimum atomic E-state index is -1.15. The molecule has 1 aromatic rings. The maximum atomic E-state index is 14.6. The highest BCUT2D eigenvalue weighted by atomic mass is 16.2. The summed E-state index contributed by atoms with van der Waals surface area (Å²) in [5, 5.41) is 8.44. The normalized spacial score (nSPS) is 21.9. The summed E-state index contributed by atoms with van der Waals surface area (Å²) in [6.45, 7) is 13.6. The number of nitrogens with one attached hydrogen (secondary N) is 3. The molecule has 6 atom stereocenters. The quantitative estimate of drug-likeness (QED) is 0.250. The summed E-state index contributed by atoms with van der Waals surface area (Å²) < 4.78 is 0. The van der Waals surface area contributed by atoms with Crippen LogP contribution in [0.15, 0.2) is 30.3 Å². The molecule has 1 saturated carbocycles. The second kappa shape index (κ2) is 16.4. The van der Waals surface area contributed by atoms with Crippen LogP contribution in [0.5, 0.6) is 0 Å². The molecular weight excluding hydrogens is 612 g/mol. The first-order valence-corrected chi connectivity index (χ1v) is 17.2. The van der Waals surface area contributed by atoms with Gasteiger partial charge in [0.05, 0.1) is 6.04 Å². The van der Waals surface area contributed by atoms with E-state index in [9.17, 15) is 28.8 Å². The molecular formula is C36H56N6O6. The number of nitrogens with two attached hydrogens (primary N) is 1. The molecule has 2 fully saturated rings. The second-order valence-electron chi connectivity index (χ2n) is 15.2. The van der Waals surface area contributed by atoms with Crippen LogP contribution < -0.4 is 21.7 Å². The van der Waals surface area contributed by atoms with E-state index in [4.69, 9.17) is 5.73 Å². The molecule has 1 aliphatic carbocycles. The molecule has 1 aliphatic heterocycles. The molecule has 1 aromatic carbocycles.